The molecule has 0 bridgehead atoms. The molecule has 3 aromatic carbocycles. The third kappa shape index (κ3) is 3.22. The molecule has 0 radical (unpaired) electrons. The van der Waals surface area contributed by atoms with E-state index in [9.17, 15) is 10.2 Å². The topological polar surface area (TPSA) is 65.7 Å². The first-order valence-corrected chi connectivity index (χ1v) is 8.58. The second-order valence-corrected chi connectivity index (χ2v) is 6.42. The van der Waals surface area contributed by atoms with Crippen molar-refractivity contribution in [1.82, 2.24) is 4.98 Å². The van der Waals surface area contributed by atoms with Crippen LogP contribution in [0, 0.1) is 0 Å². The first-order chi connectivity index (χ1) is 12.2. The fourth-order valence-corrected chi connectivity index (χ4v) is 3.24. The van der Waals surface area contributed by atoms with Crippen molar-refractivity contribution >= 4 is 33.5 Å². The fraction of sp³-hybridized carbons (Fsp3) is 0. The van der Waals surface area contributed by atoms with Gasteiger partial charge in [-0.1, -0.05) is 36.4 Å². The SMILES string of the molecule is Oc1ccc(/C=N/c2nc(-c3ccc4ccccc4c3)cs2)c(O)c1. The van der Waals surface area contributed by atoms with Gasteiger partial charge in [0.1, 0.15) is 11.5 Å². The Labute approximate surface area is 148 Å². The third-order valence-corrected chi connectivity index (χ3v) is 4.61. The Morgan fingerprint density at radius 3 is 2.60 bits per heavy atom. The first-order valence-electron chi connectivity index (χ1n) is 7.70. The van der Waals surface area contributed by atoms with E-state index in [0.29, 0.717) is 10.7 Å². The highest BCUT2D eigenvalue weighted by atomic mass is 32.1. The zero-order valence-electron chi connectivity index (χ0n) is 13.1. The third-order valence-electron chi connectivity index (χ3n) is 3.87. The lowest BCUT2D eigenvalue weighted by Crippen LogP contribution is -1.82. The van der Waals surface area contributed by atoms with Crippen LogP contribution in [0.5, 0.6) is 11.5 Å². The Bertz CT molecular complexity index is 1090. The van der Waals surface area contributed by atoms with E-state index in [4.69, 9.17) is 0 Å². The van der Waals surface area contributed by atoms with E-state index in [-0.39, 0.29) is 11.5 Å². The van der Waals surface area contributed by atoms with Crippen LogP contribution in [0.15, 0.2) is 71.0 Å². The Morgan fingerprint density at radius 2 is 1.76 bits per heavy atom. The summed E-state index contributed by atoms with van der Waals surface area (Å²) in [4.78, 5) is 8.86. The number of benzene rings is 3. The molecule has 1 heterocycles. The predicted octanol–water partition coefficient (Wildman–Crippen LogP) is 5.13. The van der Waals surface area contributed by atoms with Crippen molar-refractivity contribution in [2.45, 2.75) is 0 Å². The molecule has 0 saturated heterocycles. The summed E-state index contributed by atoms with van der Waals surface area (Å²) in [5.74, 6) is -0.00227. The summed E-state index contributed by atoms with van der Waals surface area (Å²) >= 11 is 1.44. The summed E-state index contributed by atoms with van der Waals surface area (Å²) in [6, 6.07) is 18.8. The molecule has 4 rings (SSSR count). The van der Waals surface area contributed by atoms with Gasteiger partial charge in [0.25, 0.3) is 0 Å². The number of aromatic nitrogens is 1. The number of phenolic OH excluding ortho intramolecular Hbond substituents is 2. The van der Waals surface area contributed by atoms with E-state index in [1.165, 1.54) is 40.5 Å². The molecule has 25 heavy (non-hydrogen) atoms. The van der Waals surface area contributed by atoms with E-state index in [0.717, 1.165) is 11.3 Å². The molecule has 0 aliphatic rings. The van der Waals surface area contributed by atoms with Gasteiger partial charge in [0, 0.05) is 28.8 Å². The largest absolute Gasteiger partial charge is 0.508 e. The highest BCUT2D eigenvalue weighted by Crippen LogP contribution is 2.29. The Morgan fingerprint density at radius 1 is 0.920 bits per heavy atom. The minimum Gasteiger partial charge on any atom is -0.508 e. The van der Waals surface area contributed by atoms with Crippen LogP contribution in [0.2, 0.25) is 0 Å². The Hall–Kier alpha value is -3.18. The second kappa shape index (κ2) is 6.37. The average molecular weight is 346 g/mol. The lowest BCUT2D eigenvalue weighted by Gasteiger charge is -2.00. The molecule has 1 aromatic heterocycles. The monoisotopic (exact) mass is 346 g/mol. The normalized spacial score (nSPS) is 11.4. The Kier molecular flexibility index (Phi) is 3.91. The van der Waals surface area contributed by atoms with E-state index in [1.54, 1.807) is 6.07 Å². The summed E-state index contributed by atoms with van der Waals surface area (Å²) in [7, 11) is 0. The minimum absolute atomic E-state index is 0.0162. The van der Waals surface area contributed by atoms with Crippen molar-refractivity contribution in [3.05, 3.63) is 71.6 Å². The van der Waals surface area contributed by atoms with Crippen LogP contribution < -0.4 is 0 Å². The number of nitrogens with zero attached hydrogens (tertiary/aromatic N) is 2. The summed E-state index contributed by atoms with van der Waals surface area (Å²) < 4.78 is 0. The number of phenols is 2. The van der Waals surface area contributed by atoms with Crippen molar-refractivity contribution in [2.75, 3.05) is 0 Å². The van der Waals surface area contributed by atoms with E-state index in [2.05, 4.69) is 40.3 Å². The van der Waals surface area contributed by atoms with Crippen LogP contribution in [-0.4, -0.2) is 21.4 Å². The van der Waals surface area contributed by atoms with Gasteiger partial charge in [-0.3, -0.25) is 0 Å². The number of thiazole rings is 1. The van der Waals surface area contributed by atoms with Gasteiger partial charge in [0.15, 0.2) is 0 Å². The van der Waals surface area contributed by atoms with Crippen molar-refractivity contribution in [2.24, 2.45) is 4.99 Å². The molecule has 0 unspecified atom stereocenters. The highest BCUT2D eigenvalue weighted by Gasteiger charge is 2.05. The molecule has 0 aliphatic heterocycles. The number of aliphatic imine (C=N–C) groups is 1. The van der Waals surface area contributed by atoms with Gasteiger partial charge in [-0.05, 0) is 29.0 Å². The van der Waals surface area contributed by atoms with E-state index >= 15 is 0 Å². The van der Waals surface area contributed by atoms with Crippen molar-refractivity contribution < 1.29 is 10.2 Å². The van der Waals surface area contributed by atoms with Crippen molar-refractivity contribution in [1.29, 1.82) is 0 Å². The molecule has 0 fully saturated rings. The van der Waals surface area contributed by atoms with Crippen LogP contribution in [0.1, 0.15) is 5.56 Å². The number of aromatic hydroxyl groups is 2. The highest BCUT2D eigenvalue weighted by molar-refractivity contribution is 7.13. The predicted molar refractivity (Wildman–Crippen MR) is 102 cm³/mol. The molecule has 5 heteroatoms. The lowest BCUT2D eigenvalue weighted by molar-refractivity contribution is 0.450. The summed E-state index contributed by atoms with van der Waals surface area (Å²) in [5, 5.41) is 24.0. The van der Waals surface area contributed by atoms with E-state index in [1.807, 2.05) is 17.5 Å². The molecular weight excluding hydrogens is 332 g/mol. The minimum atomic E-state index is -0.0185. The van der Waals surface area contributed by atoms with Crippen molar-refractivity contribution in [3.8, 4) is 22.8 Å². The van der Waals surface area contributed by atoms with Crippen LogP contribution in [0.3, 0.4) is 0 Å². The van der Waals surface area contributed by atoms with Crippen LogP contribution >= 0.6 is 11.3 Å². The molecule has 0 spiro atoms. The maximum atomic E-state index is 9.78. The molecule has 0 amide bonds. The molecule has 4 nitrogen and oxygen atoms in total. The zero-order valence-corrected chi connectivity index (χ0v) is 13.9. The maximum absolute atomic E-state index is 9.78. The molecule has 122 valence electrons. The molecular formula is C20H14N2O2S. The number of rotatable bonds is 3. The van der Waals surface area contributed by atoms with Gasteiger partial charge < -0.3 is 10.2 Å². The fourth-order valence-electron chi connectivity index (χ4n) is 2.57. The lowest BCUT2D eigenvalue weighted by atomic mass is 10.1. The van der Waals surface area contributed by atoms with Crippen LogP contribution in [0.4, 0.5) is 5.13 Å². The van der Waals surface area contributed by atoms with E-state index < -0.39 is 0 Å². The molecule has 4 aromatic rings. The standard InChI is InChI=1S/C20H14N2O2S/c23-17-8-7-16(19(24)10-17)11-21-20-22-18(12-25-20)15-6-5-13-3-1-2-4-14(13)9-15/h1-12,23-24H/b21-11+. The summed E-state index contributed by atoms with van der Waals surface area (Å²) in [6.45, 7) is 0. The maximum Gasteiger partial charge on any atom is 0.209 e. The van der Waals surface area contributed by atoms with Crippen LogP contribution in [-0.2, 0) is 0 Å². The average Bonchev–Trinajstić information content (AvgIpc) is 3.09. The Balaban J connectivity index is 1.61. The molecule has 0 saturated carbocycles. The van der Waals surface area contributed by atoms with Crippen LogP contribution in [0.25, 0.3) is 22.0 Å². The van der Waals surface area contributed by atoms with Gasteiger partial charge in [-0.25, -0.2) is 9.98 Å². The first kappa shape index (κ1) is 15.4. The smallest absolute Gasteiger partial charge is 0.209 e. The van der Waals surface area contributed by atoms with Gasteiger partial charge in [-0.15, -0.1) is 11.3 Å². The summed E-state index contributed by atoms with van der Waals surface area (Å²) in [5.41, 5.74) is 2.45. The molecule has 0 aliphatic carbocycles. The quantitative estimate of drug-likeness (QED) is 0.506. The van der Waals surface area contributed by atoms with Gasteiger partial charge in [0.2, 0.25) is 5.13 Å². The number of hydrogen-bond donors (Lipinski definition) is 2. The summed E-state index contributed by atoms with van der Waals surface area (Å²) in [6.07, 6.45) is 1.54. The number of hydrogen-bond acceptors (Lipinski definition) is 5. The van der Waals surface area contributed by atoms with Gasteiger partial charge in [0.05, 0.1) is 5.69 Å². The second-order valence-electron chi connectivity index (χ2n) is 5.58. The molecule has 0 atom stereocenters. The molecule has 2 N–H and O–H groups in total. The van der Waals surface area contributed by atoms with Gasteiger partial charge in [-0.2, -0.15) is 0 Å². The van der Waals surface area contributed by atoms with Gasteiger partial charge >= 0.3 is 0 Å². The zero-order chi connectivity index (χ0) is 17.2. The number of fused-ring (bicyclic) bond motifs is 1. The van der Waals surface area contributed by atoms with Crippen molar-refractivity contribution in [3.63, 3.8) is 0 Å².